The molecule has 0 aliphatic heterocycles. The normalized spacial score (nSPS) is 10.3. The van der Waals surface area contributed by atoms with Crippen LogP contribution in [-0.2, 0) is 13.6 Å². The smallest absolute Gasteiger partial charge is 0.151 e. The molecule has 1 N–H and O–H groups in total. The first-order chi connectivity index (χ1) is 7.25. The number of nitrogens with zero attached hydrogens (tertiary/aromatic N) is 3. The van der Waals surface area contributed by atoms with Crippen LogP contribution < -0.4 is 5.32 Å². The molecule has 0 unspecified atom stereocenters. The Bertz CT molecular complexity index is 430. The van der Waals surface area contributed by atoms with Gasteiger partial charge in [-0.2, -0.15) is 0 Å². The summed E-state index contributed by atoms with van der Waals surface area (Å²) < 4.78 is 1.90. The predicted octanol–water partition coefficient (Wildman–Crippen LogP) is 1.74. The summed E-state index contributed by atoms with van der Waals surface area (Å²) in [6, 6.07) is 8.29. The fourth-order valence-corrected chi connectivity index (χ4v) is 1.32. The van der Waals surface area contributed by atoms with Crippen LogP contribution in [0.5, 0.6) is 0 Å². The third kappa shape index (κ3) is 2.34. The number of hydrogen-bond acceptors (Lipinski definition) is 3. The van der Waals surface area contributed by atoms with Gasteiger partial charge in [-0.3, -0.25) is 0 Å². The van der Waals surface area contributed by atoms with Gasteiger partial charge in [-0.25, -0.2) is 0 Å². The lowest BCUT2D eigenvalue weighted by atomic mass is 10.2. The average Bonchev–Trinajstić information content (AvgIpc) is 2.63. The van der Waals surface area contributed by atoms with Crippen molar-refractivity contribution in [1.82, 2.24) is 14.8 Å². The van der Waals surface area contributed by atoms with Gasteiger partial charge in [0.2, 0.25) is 0 Å². The molecule has 0 atom stereocenters. The van der Waals surface area contributed by atoms with E-state index in [4.69, 9.17) is 0 Å². The second-order valence-corrected chi connectivity index (χ2v) is 3.58. The van der Waals surface area contributed by atoms with E-state index >= 15 is 0 Å². The number of nitrogens with one attached hydrogen (secondary N) is 1. The van der Waals surface area contributed by atoms with Gasteiger partial charge in [0.25, 0.3) is 0 Å². The van der Waals surface area contributed by atoms with Crippen molar-refractivity contribution in [1.29, 1.82) is 0 Å². The summed E-state index contributed by atoms with van der Waals surface area (Å²) in [5, 5.41) is 11.1. The lowest BCUT2D eigenvalue weighted by Gasteiger charge is -2.05. The molecule has 0 fully saturated rings. The first-order valence-electron chi connectivity index (χ1n) is 4.89. The van der Waals surface area contributed by atoms with Gasteiger partial charge in [-0.15, -0.1) is 10.2 Å². The number of anilines is 1. The van der Waals surface area contributed by atoms with Gasteiger partial charge in [0, 0.05) is 12.7 Å². The van der Waals surface area contributed by atoms with Crippen molar-refractivity contribution in [2.24, 2.45) is 7.05 Å². The van der Waals surface area contributed by atoms with Crippen LogP contribution >= 0.6 is 0 Å². The van der Waals surface area contributed by atoms with Crippen molar-refractivity contribution in [3.8, 4) is 0 Å². The Labute approximate surface area is 89.0 Å². The summed E-state index contributed by atoms with van der Waals surface area (Å²) in [4.78, 5) is 0. The van der Waals surface area contributed by atoms with Crippen LogP contribution in [0.25, 0.3) is 0 Å². The highest BCUT2D eigenvalue weighted by molar-refractivity contribution is 5.44. The van der Waals surface area contributed by atoms with Crippen LogP contribution in [0.1, 0.15) is 11.4 Å². The van der Waals surface area contributed by atoms with E-state index in [1.54, 1.807) is 6.33 Å². The summed E-state index contributed by atoms with van der Waals surface area (Å²) in [6.07, 6.45) is 1.70. The minimum absolute atomic E-state index is 0.694. The molecular formula is C11H14N4. The predicted molar refractivity (Wildman–Crippen MR) is 59.5 cm³/mol. The molecule has 0 amide bonds. The maximum absolute atomic E-state index is 4.00. The first kappa shape index (κ1) is 9.71. The monoisotopic (exact) mass is 202 g/mol. The van der Waals surface area contributed by atoms with E-state index in [0.717, 1.165) is 11.5 Å². The zero-order valence-corrected chi connectivity index (χ0v) is 8.94. The molecule has 0 aliphatic carbocycles. The SMILES string of the molecule is Cc1ccc(NCc2nncn2C)cc1. The zero-order chi connectivity index (χ0) is 10.7. The molecule has 4 nitrogen and oxygen atoms in total. The van der Waals surface area contributed by atoms with Crippen LogP contribution in [0.3, 0.4) is 0 Å². The van der Waals surface area contributed by atoms with Crippen LogP contribution in [0.15, 0.2) is 30.6 Å². The Balaban J connectivity index is 1.99. The summed E-state index contributed by atoms with van der Waals surface area (Å²) in [6.45, 7) is 2.77. The number of aromatic nitrogens is 3. The molecule has 0 radical (unpaired) electrons. The minimum atomic E-state index is 0.694. The van der Waals surface area contributed by atoms with Gasteiger partial charge in [0.05, 0.1) is 6.54 Å². The highest BCUT2D eigenvalue weighted by Gasteiger charge is 1.99. The van der Waals surface area contributed by atoms with E-state index in [1.807, 2.05) is 11.6 Å². The lowest BCUT2D eigenvalue weighted by Crippen LogP contribution is -2.05. The van der Waals surface area contributed by atoms with Gasteiger partial charge >= 0.3 is 0 Å². The van der Waals surface area contributed by atoms with Crippen molar-refractivity contribution in [3.05, 3.63) is 42.0 Å². The van der Waals surface area contributed by atoms with Crippen molar-refractivity contribution in [2.45, 2.75) is 13.5 Å². The molecule has 2 aromatic rings. The van der Waals surface area contributed by atoms with Gasteiger partial charge in [-0.05, 0) is 19.1 Å². The van der Waals surface area contributed by atoms with E-state index in [2.05, 4.69) is 46.7 Å². The molecule has 1 aromatic heterocycles. The van der Waals surface area contributed by atoms with E-state index in [1.165, 1.54) is 5.56 Å². The largest absolute Gasteiger partial charge is 0.378 e. The third-order valence-corrected chi connectivity index (χ3v) is 2.31. The van der Waals surface area contributed by atoms with Crippen LogP contribution in [0.2, 0.25) is 0 Å². The van der Waals surface area contributed by atoms with Crippen molar-refractivity contribution in [2.75, 3.05) is 5.32 Å². The molecule has 0 saturated heterocycles. The van der Waals surface area contributed by atoms with Gasteiger partial charge in [-0.1, -0.05) is 17.7 Å². The zero-order valence-electron chi connectivity index (χ0n) is 8.94. The van der Waals surface area contributed by atoms with Crippen molar-refractivity contribution in [3.63, 3.8) is 0 Å². The van der Waals surface area contributed by atoms with Crippen molar-refractivity contribution >= 4 is 5.69 Å². The maximum atomic E-state index is 4.00. The molecule has 2 rings (SSSR count). The fourth-order valence-electron chi connectivity index (χ4n) is 1.32. The molecule has 4 heteroatoms. The minimum Gasteiger partial charge on any atom is -0.378 e. The molecule has 0 aliphatic rings. The van der Waals surface area contributed by atoms with Crippen LogP contribution in [0, 0.1) is 6.92 Å². The maximum Gasteiger partial charge on any atom is 0.151 e. The molecular weight excluding hydrogens is 188 g/mol. The second-order valence-electron chi connectivity index (χ2n) is 3.58. The third-order valence-electron chi connectivity index (χ3n) is 2.31. The number of benzene rings is 1. The summed E-state index contributed by atoms with van der Waals surface area (Å²) in [7, 11) is 1.94. The Morgan fingerprint density at radius 1 is 1.27 bits per heavy atom. The summed E-state index contributed by atoms with van der Waals surface area (Å²) >= 11 is 0. The second kappa shape index (κ2) is 4.13. The molecule has 0 bridgehead atoms. The standard InChI is InChI=1S/C11H14N4/c1-9-3-5-10(6-4-9)12-7-11-14-13-8-15(11)2/h3-6,8,12H,7H2,1-2H3. The number of rotatable bonds is 3. The van der Waals surface area contributed by atoms with Crippen LogP contribution in [-0.4, -0.2) is 14.8 Å². The van der Waals surface area contributed by atoms with E-state index in [0.29, 0.717) is 6.54 Å². The Kier molecular flexibility index (Phi) is 2.67. The van der Waals surface area contributed by atoms with Crippen molar-refractivity contribution < 1.29 is 0 Å². The highest BCUT2D eigenvalue weighted by Crippen LogP contribution is 2.09. The number of hydrogen-bond donors (Lipinski definition) is 1. The highest BCUT2D eigenvalue weighted by atomic mass is 15.3. The summed E-state index contributed by atoms with van der Waals surface area (Å²) in [5.41, 5.74) is 2.36. The molecule has 1 heterocycles. The molecule has 0 saturated carbocycles. The van der Waals surface area contributed by atoms with Gasteiger partial charge < -0.3 is 9.88 Å². The molecule has 0 spiro atoms. The fraction of sp³-hybridized carbons (Fsp3) is 0.273. The van der Waals surface area contributed by atoms with E-state index < -0.39 is 0 Å². The molecule has 1 aromatic carbocycles. The lowest BCUT2D eigenvalue weighted by molar-refractivity contribution is 0.812. The molecule has 15 heavy (non-hydrogen) atoms. The topological polar surface area (TPSA) is 42.7 Å². The number of aryl methyl sites for hydroxylation is 2. The summed E-state index contributed by atoms with van der Waals surface area (Å²) in [5.74, 6) is 0.926. The van der Waals surface area contributed by atoms with Crippen LogP contribution in [0.4, 0.5) is 5.69 Å². The Hall–Kier alpha value is -1.84. The Morgan fingerprint density at radius 2 is 2.00 bits per heavy atom. The van der Waals surface area contributed by atoms with E-state index in [9.17, 15) is 0 Å². The molecule has 78 valence electrons. The Morgan fingerprint density at radius 3 is 2.60 bits per heavy atom. The first-order valence-corrected chi connectivity index (χ1v) is 4.89. The quantitative estimate of drug-likeness (QED) is 0.824. The average molecular weight is 202 g/mol. The van der Waals surface area contributed by atoms with E-state index in [-0.39, 0.29) is 0 Å². The van der Waals surface area contributed by atoms with Gasteiger partial charge in [0.1, 0.15) is 6.33 Å². The van der Waals surface area contributed by atoms with Gasteiger partial charge in [0.15, 0.2) is 5.82 Å².